The zero-order valence-electron chi connectivity index (χ0n) is 29.6. The molecule has 0 bridgehead atoms. The van der Waals surface area contributed by atoms with Crippen LogP contribution in [-0.2, 0) is 24.0 Å². The van der Waals surface area contributed by atoms with Gasteiger partial charge in [0.25, 0.3) is 11.6 Å². The Morgan fingerprint density at radius 2 is 1.54 bits per heavy atom. The molecule has 0 aliphatic heterocycles. The fraction of sp³-hybridized carbons (Fsp3) is 0.618. The van der Waals surface area contributed by atoms with Crippen LogP contribution in [0.3, 0.4) is 0 Å². The highest BCUT2D eigenvalue weighted by Crippen LogP contribution is 2.27. The monoisotopic (exact) mass is 702 g/mol. The Hall–Kier alpha value is -4.89. The second-order valence-electron chi connectivity index (χ2n) is 14.2. The Morgan fingerprint density at radius 3 is 2.08 bits per heavy atom. The summed E-state index contributed by atoms with van der Waals surface area (Å²) in [7, 11) is 0. The molecule has 50 heavy (non-hydrogen) atoms. The van der Waals surface area contributed by atoms with E-state index >= 15 is 0 Å². The molecule has 5 amide bonds. The summed E-state index contributed by atoms with van der Waals surface area (Å²) < 4.78 is 0. The molecule has 0 radical (unpaired) electrons. The maximum Gasteiger partial charge on any atom is 0.335 e. The molecule has 0 heterocycles. The number of non-ortho nitro benzene ring substituents is 1. The van der Waals surface area contributed by atoms with E-state index in [4.69, 9.17) is 0 Å². The number of hydrogen-bond acceptors (Lipinski definition) is 9. The van der Waals surface area contributed by atoms with Crippen LogP contribution < -0.4 is 21.3 Å². The second-order valence-corrected chi connectivity index (χ2v) is 14.2. The summed E-state index contributed by atoms with van der Waals surface area (Å²) in [6, 6.07) is 0.479. The SMILES string of the molecule is CC(=O)CN(CC(=O)NC(C(=O)NCCC(C)C)C1CCCCC1)C(=O)C(NC(=O)CNC(=O)c1cc(C(=O)O)cc([N+](=O)[O-])c1)C(C)(C)C. The molecule has 1 fully saturated rings. The maximum atomic E-state index is 13.9. The maximum absolute atomic E-state index is 13.9. The number of benzene rings is 1. The summed E-state index contributed by atoms with van der Waals surface area (Å²) >= 11 is 0. The van der Waals surface area contributed by atoms with Crippen LogP contribution in [0.4, 0.5) is 5.69 Å². The molecule has 1 saturated carbocycles. The van der Waals surface area contributed by atoms with Crippen molar-refractivity contribution in [3.63, 3.8) is 0 Å². The first-order valence-corrected chi connectivity index (χ1v) is 16.8. The van der Waals surface area contributed by atoms with Crippen LogP contribution in [0.25, 0.3) is 0 Å². The molecule has 16 heteroatoms. The molecule has 2 rings (SSSR count). The summed E-state index contributed by atoms with van der Waals surface area (Å²) in [5.74, 6) is -5.13. The van der Waals surface area contributed by atoms with Gasteiger partial charge in [0.1, 0.15) is 24.4 Å². The molecule has 1 aromatic rings. The van der Waals surface area contributed by atoms with Gasteiger partial charge in [0.2, 0.25) is 23.6 Å². The minimum Gasteiger partial charge on any atom is -0.478 e. The highest BCUT2D eigenvalue weighted by molar-refractivity contribution is 6.00. The molecular weight excluding hydrogens is 652 g/mol. The Morgan fingerprint density at radius 1 is 0.920 bits per heavy atom. The average molecular weight is 703 g/mol. The predicted octanol–water partition coefficient (Wildman–Crippen LogP) is 2.20. The van der Waals surface area contributed by atoms with E-state index in [-0.39, 0.29) is 17.4 Å². The number of nitrogens with zero attached hydrogens (tertiary/aromatic N) is 2. The summed E-state index contributed by atoms with van der Waals surface area (Å²) in [5.41, 5.74) is -2.45. The summed E-state index contributed by atoms with van der Waals surface area (Å²) in [5, 5.41) is 31.0. The number of carboxylic acid groups (broad SMARTS) is 1. The molecule has 1 aromatic carbocycles. The molecule has 0 aromatic heterocycles. The Kier molecular flexibility index (Phi) is 15.5. The first-order valence-electron chi connectivity index (χ1n) is 16.8. The van der Waals surface area contributed by atoms with Crippen molar-refractivity contribution >= 4 is 47.0 Å². The fourth-order valence-corrected chi connectivity index (χ4v) is 5.61. The number of carbonyl (C=O) groups is 7. The Bertz CT molecular complexity index is 1420. The third-order valence-corrected chi connectivity index (χ3v) is 8.27. The van der Waals surface area contributed by atoms with E-state index in [1.165, 1.54) is 6.92 Å². The van der Waals surface area contributed by atoms with Gasteiger partial charge in [-0.2, -0.15) is 0 Å². The minimum atomic E-state index is -1.50. The third-order valence-electron chi connectivity index (χ3n) is 8.27. The number of nitrogens with one attached hydrogen (secondary N) is 4. The van der Waals surface area contributed by atoms with Crippen LogP contribution in [0.5, 0.6) is 0 Å². The van der Waals surface area contributed by atoms with Gasteiger partial charge >= 0.3 is 5.97 Å². The quantitative estimate of drug-likeness (QED) is 0.117. The largest absolute Gasteiger partial charge is 0.478 e. The van der Waals surface area contributed by atoms with E-state index in [0.29, 0.717) is 12.5 Å². The normalized spacial score (nSPS) is 14.5. The molecule has 2 unspecified atom stereocenters. The summed E-state index contributed by atoms with van der Waals surface area (Å²) in [6.07, 6.45) is 5.17. The molecule has 16 nitrogen and oxygen atoms in total. The number of ketones is 1. The van der Waals surface area contributed by atoms with Gasteiger partial charge in [-0.3, -0.25) is 38.9 Å². The zero-order chi connectivity index (χ0) is 37.8. The van der Waals surface area contributed by atoms with Crippen molar-refractivity contribution < 1.29 is 43.6 Å². The van der Waals surface area contributed by atoms with E-state index in [2.05, 4.69) is 21.3 Å². The van der Waals surface area contributed by atoms with Crippen LogP contribution >= 0.6 is 0 Å². The lowest BCUT2D eigenvalue weighted by molar-refractivity contribution is -0.384. The van der Waals surface area contributed by atoms with E-state index in [9.17, 15) is 48.8 Å². The van der Waals surface area contributed by atoms with Crippen molar-refractivity contribution in [2.24, 2.45) is 17.3 Å². The van der Waals surface area contributed by atoms with Crippen molar-refractivity contribution in [3.8, 4) is 0 Å². The molecule has 276 valence electrons. The smallest absolute Gasteiger partial charge is 0.335 e. The van der Waals surface area contributed by atoms with Crippen LogP contribution in [0.2, 0.25) is 0 Å². The van der Waals surface area contributed by atoms with Crippen molar-refractivity contribution in [1.82, 2.24) is 26.2 Å². The lowest BCUT2D eigenvalue weighted by Gasteiger charge is -2.35. The van der Waals surface area contributed by atoms with Crippen LogP contribution in [-0.4, -0.2) is 94.5 Å². The van der Waals surface area contributed by atoms with Crippen molar-refractivity contribution in [2.75, 3.05) is 26.2 Å². The van der Waals surface area contributed by atoms with Crippen molar-refractivity contribution in [3.05, 3.63) is 39.4 Å². The number of aromatic carboxylic acids is 1. The van der Waals surface area contributed by atoms with Crippen LogP contribution in [0.1, 0.15) is 101 Å². The van der Waals surface area contributed by atoms with E-state index in [1.807, 2.05) is 13.8 Å². The first-order chi connectivity index (χ1) is 23.3. The van der Waals surface area contributed by atoms with Crippen molar-refractivity contribution in [2.45, 2.75) is 92.2 Å². The molecule has 0 saturated heterocycles. The lowest BCUT2D eigenvalue weighted by Crippen LogP contribution is -2.59. The highest BCUT2D eigenvalue weighted by atomic mass is 16.6. The zero-order valence-corrected chi connectivity index (χ0v) is 29.6. The van der Waals surface area contributed by atoms with E-state index in [1.54, 1.807) is 20.8 Å². The number of rotatable bonds is 17. The molecule has 5 N–H and O–H groups in total. The van der Waals surface area contributed by atoms with Gasteiger partial charge in [0.15, 0.2) is 0 Å². The second kappa shape index (κ2) is 18.8. The van der Waals surface area contributed by atoms with Gasteiger partial charge in [0.05, 0.1) is 23.6 Å². The molecular formula is C34H50N6O10. The van der Waals surface area contributed by atoms with Gasteiger partial charge in [-0.25, -0.2) is 4.79 Å². The number of carboxylic acids is 1. The van der Waals surface area contributed by atoms with E-state index in [0.717, 1.165) is 61.6 Å². The number of amides is 5. The number of carbonyl (C=O) groups excluding carboxylic acids is 6. The number of Topliss-reactive ketones (excluding diaryl/α,β-unsaturated/α-hetero) is 1. The van der Waals surface area contributed by atoms with Gasteiger partial charge in [0, 0.05) is 24.2 Å². The Labute approximate surface area is 291 Å². The number of nitro benzene ring substituents is 1. The molecule has 2 atom stereocenters. The van der Waals surface area contributed by atoms with Gasteiger partial charge in [-0.1, -0.05) is 53.9 Å². The summed E-state index contributed by atoms with van der Waals surface area (Å²) in [4.78, 5) is 101. The van der Waals surface area contributed by atoms with Gasteiger partial charge in [-0.05, 0) is 49.5 Å². The Balaban J connectivity index is 2.20. The van der Waals surface area contributed by atoms with Crippen molar-refractivity contribution in [1.29, 1.82) is 0 Å². The molecule has 1 aliphatic carbocycles. The fourth-order valence-electron chi connectivity index (χ4n) is 5.61. The molecule has 1 aliphatic rings. The first kappa shape index (κ1) is 41.3. The minimum absolute atomic E-state index is 0.0849. The van der Waals surface area contributed by atoms with Crippen LogP contribution in [0, 0.1) is 27.4 Å². The highest BCUT2D eigenvalue weighted by Gasteiger charge is 2.38. The average Bonchev–Trinajstić information content (AvgIpc) is 3.03. The lowest BCUT2D eigenvalue weighted by atomic mass is 9.83. The number of nitro groups is 1. The third kappa shape index (κ3) is 13.2. The topological polar surface area (TPSA) is 234 Å². The number of hydrogen-bond donors (Lipinski definition) is 5. The summed E-state index contributed by atoms with van der Waals surface area (Å²) in [6.45, 7) is 9.03. The van der Waals surface area contributed by atoms with Gasteiger partial charge < -0.3 is 31.3 Å². The predicted molar refractivity (Wildman–Crippen MR) is 182 cm³/mol. The van der Waals surface area contributed by atoms with Crippen LogP contribution in [0.15, 0.2) is 18.2 Å². The molecule has 0 spiro atoms. The standard InChI is InChI=1S/C34H50N6O10/c1-20(2)12-13-35-31(45)28(22-10-8-7-9-11-22)37-27(43)19-39(18-21(3)41)32(46)29(34(4,5)6)38-26(42)17-36-30(44)23-14-24(33(47)48)16-25(15-23)40(49)50/h14-16,20,22,28-29H,7-13,17-19H2,1-6H3,(H,35,45)(H,36,44)(H,37,43)(H,38,42)(H,47,48). The van der Waals surface area contributed by atoms with E-state index < -0.39 is 88.7 Å². The van der Waals surface area contributed by atoms with Gasteiger partial charge in [-0.15, -0.1) is 0 Å².